The van der Waals surface area contributed by atoms with Gasteiger partial charge in [-0.3, -0.25) is 9.59 Å². The molecule has 0 aliphatic heterocycles. The van der Waals surface area contributed by atoms with Gasteiger partial charge in [0.2, 0.25) is 0 Å². The van der Waals surface area contributed by atoms with Crippen molar-refractivity contribution >= 4 is 18.1 Å². The zero-order chi connectivity index (χ0) is 44.9. The second-order valence-corrected chi connectivity index (χ2v) is 17.8. The van der Waals surface area contributed by atoms with Crippen LogP contribution >= 0.6 is 0 Å². The number of nitrogens with zero attached hydrogens (tertiary/aromatic N) is 2. The van der Waals surface area contributed by atoms with Crippen molar-refractivity contribution in [3.63, 3.8) is 0 Å². The van der Waals surface area contributed by atoms with E-state index in [1.807, 2.05) is 0 Å². The van der Waals surface area contributed by atoms with Crippen LogP contribution in [0.25, 0.3) is 0 Å². The number of likely N-dealkylation sites (N-methyl/N-ethyl adjacent to an activating group) is 1. The van der Waals surface area contributed by atoms with Crippen LogP contribution in [0.5, 0.6) is 0 Å². The first kappa shape index (κ1) is 59.1. The van der Waals surface area contributed by atoms with Crippen LogP contribution in [0.2, 0.25) is 0 Å². The number of carbonyl (C=O) groups is 3. The lowest BCUT2D eigenvalue weighted by atomic mass is 9.94. The molecule has 9 nitrogen and oxygen atoms in total. The van der Waals surface area contributed by atoms with Gasteiger partial charge in [0.25, 0.3) is 0 Å². The molecule has 0 bridgehead atoms. The predicted octanol–water partition coefficient (Wildman–Crippen LogP) is 14.4. The number of ether oxygens (including phenoxy) is 4. The summed E-state index contributed by atoms with van der Waals surface area (Å²) in [7, 11) is 0. The first-order valence-electron chi connectivity index (χ1n) is 26.4. The second-order valence-electron chi connectivity index (χ2n) is 17.8. The molecule has 0 radical (unpaired) electrons. The monoisotopic (exact) mass is 867 g/mol. The average Bonchev–Trinajstić information content (AvgIpc) is 3.26. The van der Waals surface area contributed by atoms with Gasteiger partial charge in [0, 0.05) is 32.6 Å². The minimum atomic E-state index is -0.591. The van der Waals surface area contributed by atoms with Gasteiger partial charge in [0.15, 0.2) is 0 Å². The maximum atomic E-state index is 13.4. The van der Waals surface area contributed by atoms with Gasteiger partial charge in [-0.05, 0) is 77.3 Å². The van der Waals surface area contributed by atoms with Crippen molar-refractivity contribution in [2.75, 3.05) is 59.1 Å². The van der Waals surface area contributed by atoms with Gasteiger partial charge in [-0.25, -0.2) is 4.79 Å². The first-order chi connectivity index (χ1) is 29.8. The molecule has 0 rings (SSSR count). The van der Waals surface area contributed by atoms with Crippen molar-refractivity contribution in [2.45, 2.75) is 253 Å². The Labute approximate surface area is 378 Å². The van der Waals surface area contributed by atoms with Crippen LogP contribution in [-0.4, -0.2) is 93.1 Å². The Morgan fingerprint density at radius 1 is 0.393 bits per heavy atom. The van der Waals surface area contributed by atoms with E-state index < -0.39 is 6.16 Å². The summed E-state index contributed by atoms with van der Waals surface area (Å²) in [5, 5.41) is 0. The molecule has 9 heteroatoms. The lowest BCUT2D eigenvalue weighted by Crippen LogP contribution is -2.37. The summed E-state index contributed by atoms with van der Waals surface area (Å²) >= 11 is 0. The van der Waals surface area contributed by atoms with Crippen molar-refractivity contribution in [1.29, 1.82) is 0 Å². The molecule has 0 saturated heterocycles. The molecule has 1 atom stereocenters. The van der Waals surface area contributed by atoms with Crippen molar-refractivity contribution < 1.29 is 33.3 Å². The summed E-state index contributed by atoms with van der Waals surface area (Å²) in [6.45, 7) is 20.2. The van der Waals surface area contributed by atoms with Gasteiger partial charge in [-0.1, -0.05) is 176 Å². The summed E-state index contributed by atoms with van der Waals surface area (Å²) in [6.07, 6.45) is 34.0. The summed E-state index contributed by atoms with van der Waals surface area (Å²) in [5.74, 6) is -0.0936. The maximum Gasteiger partial charge on any atom is 0.508 e. The number of unbranched alkanes of at least 4 members (excludes halogenated alkanes) is 20. The van der Waals surface area contributed by atoms with Crippen LogP contribution in [0.1, 0.15) is 247 Å². The fourth-order valence-electron chi connectivity index (χ4n) is 8.09. The van der Waals surface area contributed by atoms with E-state index in [9.17, 15) is 14.4 Å². The molecule has 362 valence electrons. The van der Waals surface area contributed by atoms with E-state index in [2.05, 4.69) is 51.3 Å². The molecule has 0 spiro atoms. The Bertz CT molecular complexity index is 944. The van der Waals surface area contributed by atoms with Gasteiger partial charge in [0.1, 0.15) is 6.10 Å². The molecular weight excluding hydrogens is 765 g/mol. The second kappa shape index (κ2) is 46.1. The third-order valence-corrected chi connectivity index (χ3v) is 12.3. The molecule has 0 aliphatic rings. The van der Waals surface area contributed by atoms with Crippen LogP contribution in [0, 0.1) is 5.92 Å². The standard InChI is InChI=1S/C52H102N2O7/c1-7-13-17-21-23-25-28-36-48(37-29-26-24-22-18-14-8-2)51(56)59-46-34-41-54(44-43-53(11-5)12-6)42-35-47-60-52(57)61-49(38-30-20-16-10-4)39-31-32-40-50(55)58-45-33-27-19-15-9-3/h48-49H,7-47H2,1-6H3. The molecule has 0 amide bonds. The molecule has 0 N–H and O–H groups in total. The Hall–Kier alpha value is -1.87. The van der Waals surface area contributed by atoms with E-state index in [4.69, 9.17) is 18.9 Å². The van der Waals surface area contributed by atoms with Crippen LogP contribution in [-0.2, 0) is 28.5 Å². The molecule has 0 heterocycles. The predicted molar refractivity (Wildman–Crippen MR) is 256 cm³/mol. The Morgan fingerprint density at radius 2 is 0.803 bits per heavy atom. The molecule has 0 aromatic heterocycles. The molecule has 0 aromatic rings. The van der Waals surface area contributed by atoms with Crippen molar-refractivity contribution in [1.82, 2.24) is 9.80 Å². The van der Waals surface area contributed by atoms with Crippen LogP contribution < -0.4 is 0 Å². The summed E-state index contributed by atoms with van der Waals surface area (Å²) in [6, 6.07) is 0. The van der Waals surface area contributed by atoms with E-state index in [0.29, 0.717) is 32.7 Å². The molecule has 0 fully saturated rings. The third kappa shape index (κ3) is 39.5. The summed E-state index contributed by atoms with van der Waals surface area (Å²) in [4.78, 5) is 43.3. The molecule has 0 aliphatic carbocycles. The largest absolute Gasteiger partial charge is 0.508 e. The van der Waals surface area contributed by atoms with Gasteiger partial charge >= 0.3 is 18.1 Å². The fourth-order valence-corrected chi connectivity index (χ4v) is 8.09. The molecule has 0 aromatic carbocycles. The molecular formula is C52H102N2O7. The van der Waals surface area contributed by atoms with Gasteiger partial charge in [-0.2, -0.15) is 0 Å². The lowest BCUT2D eigenvalue weighted by molar-refractivity contribution is -0.149. The lowest BCUT2D eigenvalue weighted by Gasteiger charge is -2.26. The molecule has 61 heavy (non-hydrogen) atoms. The van der Waals surface area contributed by atoms with Crippen LogP contribution in [0.15, 0.2) is 0 Å². The highest BCUT2D eigenvalue weighted by atomic mass is 16.7. The fraction of sp³-hybridized carbons (Fsp3) is 0.942. The van der Waals surface area contributed by atoms with Gasteiger partial charge in [-0.15, -0.1) is 0 Å². The van der Waals surface area contributed by atoms with Crippen molar-refractivity contribution in [3.8, 4) is 0 Å². The van der Waals surface area contributed by atoms with E-state index >= 15 is 0 Å². The van der Waals surface area contributed by atoms with Gasteiger partial charge in [0.05, 0.1) is 25.7 Å². The zero-order valence-corrected chi connectivity index (χ0v) is 41.4. The highest BCUT2D eigenvalue weighted by Crippen LogP contribution is 2.22. The smallest absolute Gasteiger partial charge is 0.466 e. The Kier molecular flexibility index (Phi) is 44.7. The number of esters is 2. The zero-order valence-electron chi connectivity index (χ0n) is 41.4. The quantitative estimate of drug-likeness (QED) is 0.0337. The molecule has 0 saturated carbocycles. The van der Waals surface area contributed by atoms with Crippen molar-refractivity contribution in [2.24, 2.45) is 5.92 Å². The van der Waals surface area contributed by atoms with E-state index in [0.717, 1.165) is 129 Å². The summed E-state index contributed by atoms with van der Waals surface area (Å²) < 4.78 is 22.8. The van der Waals surface area contributed by atoms with Crippen molar-refractivity contribution in [3.05, 3.63) is 0 Å². The number of hydrogen-bond acceptors (Lipinski definition) is 9. The highest BCUT2D eigenvalue weighted by Gasteiger charge is 2.20. The van der Waals surface area contributed by atoms with Crippen LogP contribution in [0.4, 0.5) is 4.79 Å². The SMILES string of the molecule is CCCCCCCCCC(CCCCCCCCC)C(=O)OCCCN(CCCOC(=O)OC(CCCCCC)CCCCC(=O)OCCCCCCC)CCN(CC)CC. The first-order valence-corrected chi connectivity index (χ1v) is 26.4. The molecule has 1 unspecified atom stereocenters. The number of rotatable bonds is 47. The number of hydrogen-bond donors (Lipinski definition) is 0. The topological polar surface area (TPSA) is 94.6 Å². The third-order valence-electron chi connectivity index (χ3n) is 12.3. The maximum absolute atomic E-state index is 13.4. The van der Waals surface area contributed by atoms with E-state index in [1.54, 1.807) is 0 Å². The van der Waals surface area contributed by atoms with E-state index in [-0.39, 0.29) is 24.0 Å². The van der Waals surface area contributed by atoms with Crippen LogP contribution in [0.3, 0.4) is 0 Å². The average molecular weight is 867 g/mol. The normalized spacial score (nSPS) is 12.1. The van der Waals surface area contributed by atoms with Gasteiger partial charge < -0.3 is 28.7 Å². The number of carbonyl (C=O) groups excluding carboxylic acids is 3. The summed E-state index contributed by atoms with van der Waals surface area (Å²) in [5.41, 5.74) is 0. The Balaban J connectivity index is 4.92. The minimum absolute atomic E-state index is 0.00763. The Morgan fingerprint density at radius 3 is 1.33 bits per heavy atom. The minimum Gasteiger partial charge on any atom is -0.466 e. The highest BCUT2D eigenvalue weighted by molar-refractivity contribution is 5.72. The van der Waals surface area contributed by atoms with E-state index in [1.165, 1.54) is 103 Å².